The van der Waals surface area contributed by atoms with Gasteiger partial charge in [-0.2, -0.15) is 5.26 Å². The van der Waals surface area contributed by atoms with Crippen LogP contribution in [0.15, 0.2) is 42.0 Å². The van der Waals surface area contributed by atoms with Crippen LogP contribution in [0.25, 0.3) is 0 Å². The molecule has 0 radical (unpaired) electrons. The lowest BCUT2D eigenvalue weighted by atomic mass is 9.50. The number of benzene rings is 1. The van der Waals surface area contributed by atoms with E-state index in [1.807, 2.05) is 50.3 Å². The van der Waals surface area contributed by atoms with E-state index in [9.17, 15) is 15.2 Å². The molecule has 3 atom stereocenters. The fourth-order valence-electron chi connectivity index (χ4n) is 5.11. The Morgan fingerprint density at radius 2 is 1.92 bits per heavy atom. The second-order valence-electron chi connectivity index (χ2n) is 8.38. The van der Waals surface area contributed by atoms with Crippen molar-refractivity contribution in [1.82, 2.24) is 0 Å². The molecule has 2 aliphatic rings. The molecule has 3 heteroatoms. The van der Waals surface area contributed by atoms with Crippen molar-refractivity contribution in [3.8, 4) is 6.07 Å². The number of ketones is 1. The van der Waals surface area contributed by atoms with Crippen LogP contribution in [0.3, 0.4) is 0 Å². The van der Waals surface area contributed by atoms with Crippen LogP contribution < -0.4 is 0 Å². The van der Waals surface area contributed by atoms with Gasteiger partial charge in [0.2, 0.25) is 0 Å². The molecule has 1 saturated carbocycles. The lowest BCUT2D eigenvalue weighted by molar-refractivity contribution is -0.137. The highest BCUT2D eigenvalue weighted by atomic mass is 16.3. The van der Waals surface area contributed by atoms with Crippen LogP contribution in [0.1, 0.15) is 45.6 Å². The zero-order valence-corrected chi connectivity index (χ0v) is 14.7. The zero-order valence-electron chi connectivity index (χ0n) is 14.7. The van der Waals surface area contributed by atoms with Crippen molar-refractivity contribution in [2.75, 3.05) is 0 Å². The van der Waals surface area contributed by atoms with Gasteiger partial charge in [0.05, 0.1) is 11.2 Å². The Balaban J connectivity index is 1.94. The summed E-state index contributed by atoms with van der Waals surface area (Å²) >= 11 is 0. The highest BCUT2D eigenvalue weighted by Crippen LogP contribution is 2.57. The van der Waals surface area contributed by atoms with E-state index in [4.69, 9.17) is 0 Å². The number of carbonyl (C=O) groups is 1. The van der Waals surface area contributed by atoms with Crippen molar-refractivity contribution >= 4 is 5.78 Å². The van der Waals surface area contributed by atoms with Gasteiger partial charge in [-0.1, -0.05) is 57.2 Å². The molecule has 3 rings (SSSR count). The molecule has 0 spiro atoms. The molecule has 1 aromatic rings. The minimum atomic E-state index is -0.792. The molecule has 0 bridgehead atoms. The van der Waals surface area contributed by atoms with Crippen molar-refractivity contribution in [2.45, 2.75) is 52.1 Å². The van der Waals surface area contributed by atoms with Gasteiger partial charge in [-0.15, -0.1) is 0 Å². The molecule has 3 nitrogen and oxygen atoms in total. The zero-order chi connectivity index (χ0) is 17.6. The first-order chi connectivity index (χ1) is 11.2. The Bertz CT molecular complexity index is 728. The van der Waals surface area contributed by atoms with Crippen LogP contribution in [0.2, 0.25) is 0 Å². The maximum Gasteiger partial charge on any atom is 0.178 e. The summed E-state index contributed by atoms with van der Waals surface area (Å²) < 4.78 is 0. The van der Waals surface area contributed by atoms with Crippen molar-refractivity contribution in [3.63, 3.8) is 0 Å². The summed E-state index contributed by atoms with van der Waals surface area (Å²) in [6.07, 6.45) is 4.52. The third-order valence-electron chi connectivity index (χ3n) is 6.08. The summed E-state index contributed by atoms with van der Waals surface area (Å²) in [5, 5.41) is 20.6. The maximum absolute atomic E-state index is 12.6. The molecule has 1 aromatic carbocycles. The molecule has 0 saturated heterocycles. The molecule has 24 heavy (non-hydrogen) atoms. The normalized spacial score (nSPS) is 34.9. The molecule has 0 heterocycles. The molecule has 126 valence electrons. The van der Waals surface area contributed by atoms with E-state index >= 15 is 0 Å². The smallest absolute Gasteiger partial charge is 0.178 e. The molecular weight excluding hydrogens is 298 g/mol. The van der Waals surface area contributed by atoms with Crippen molar-refractivity contribution in [2.24, 2.45) is 16.7 Å². The van der Waals surface area contributed by atoms with Crippen LogP contribution >= 0.6 is 0 Å². The number of carbonyl (C=O) groups excluding carboxylic acids is 1. The quantitative estimate of drug-likeness (QED) is 0.900. The van der Waals surface area contributed by atoms with Crippen LogP contribution in [-0.2, 0) is 11.2 Å². The Morgan fingerprint density at radius 1 is 1.25 bits per heavy atom. The number of rotatable bonds is 2. The van der Waals surface area contributed by atoms with Gasteiger partial charge in [-0.3, -0.25) is 4.79 Å². The van der Waals surface area contributed by atoms with Gasteiger partial charge in [-0.25, -0.2) is 0 Å². The third kappa shape index (κ3) is 2.70. The number of nitriles is 1. The first-order valence-corrected chi connectivity index (χ1v) is 8.64. The van der Waals surface area contributed by atoms with E-state index in [2.05, 4.69) is 13.0 Å². The molecule has 1 fully saturated rings. The monoisotopic (exact) mass is 323 g/mol. The minimum absolute atomic E-state index is 0.0547. The lowest BCUT2D eigenvalue weighted by Gasteiger charge is -2.54. The van der Waals surface area contributed by atoms with Crippen molar-refractivity contribution in [3.05, 3.63) is 47.5 Å². The largest absolute Gasteiger partial charge is 0.390 e. The first kappa shape index (κ1) is 16.9. The second-order valence-corrected chi connectivity index (χ2v) is 8.38. The number of aliphatic hydroxyl groups is 1. The standard InChI is InChI=1S/C21H25NO2/c1-19(2)17-9-10-21(24,11-15-7-5-4-6-8-15)14-20(17,3)12-16(13-22)18(19)23/h4-8,12,17,24H,9-11,14H2,1-3H3/t17-,20-,21-/m1/s1. The van der Waals surface area contributed by atoms with E-state index < -0.39 is 11.0 Å². The van der Waals surface area contributed by atoms with E-state index in [-0.39, 0.29) is 22.7 Å². The van der Waals surface area contributed by atoms with Gasteiger partial charge < -0.3 is 5.11 Å². The summed E-state index contributed by atoms with van der Waals surface area (Å²) in [5.74, 6) is 0.103. The Kier molecular flexibility index (Phi) is 3.92. The Hall–Kier alpha value is -1.92. The van der Waals surface area contributed by atoms with E-state index in [1.54, 1.807) is 0 Å². The van der Waals surface area contributed by atoms with Gasteiger partial charge in [0.25, 0.3) is 0 Å². The van der Waals surface area contributed by atoms with E-state index in [0.29, 0.717) is 19.3 Å². The number of fused-ring (bicyclic) bond motifs is 1. The van der Waals surface area contributed by atoms with Gasteiger partial charge in [0, 0.05) is 11.8 Å². The fraction of sp³-hybridized carbons (Fsp3) is 0.524. The summed E-state index contributed by atoms with van der Waals surface area (Å²) in [7, 11) is 0. The van der Waals surface area contributed by atoms with Gasteiger partial charge in [-0.05, 0) is 36.2 Å². The van der Waals surface area contributed by atoms with Crippen LogP contribution in [0.4, 0.5) is 0 Å². The number of hydrogen-bond acceptors (Lipinski definition) is 3. The molecule has 0 aliphatic heterocycles. The summed E-state index contributed by atoms with van der Waals surface area (Å²) in [5.41, 5.74) is -0.298. The predicted molar refractivity (Wildman–Crippen MR) is 93.0 cm³/mol. The molecule has 0 unspecified atom stereocenters. The first-order valence-electron chi connectivity index (χ1n) is 8.64. The molecule has 2 aliphatic carbocycles. The van der Waals surface area contributed by atoms with Crippen molar-refractivity contribution in [1.29, 1.82) is 5.26 Å². The maximum atomic E-state index is 12.6. The number of hydrogen-bond donors (Lipinski definition) is 1. The topological polar surface area (TPSA) is 61.1 Å². The average Bonchev–Trinajstić information content (AvgIpc) is 2.51. The minimum Gasteiger partial charge on any atom is -0.390 e. The second kappa shape index (κ2) is 5.57. The lowest BCUT2D eigenvalue weighted by Crippen LogP contribution is -2.54. The summed E-state index contributed by atoms with van der Waals surface area (Å²) in [4.78, 5) is 12.6. The third-order valence-corrected chi connectivity index (χ3v) is 6.08. The summed E-state index contributed by atoms with van der Waals surface area (Å²) in [6, 6.07) is 12.1. The predicted octanol–water partition coefficient (Wildman–Crippen LogP) is 3.83. The Labute approximate surface area is 144 Å². The summed E-state index contributed by atoms with van der Waals surface area (Å²) in [6.45, 7) is 5.99. The highest BCUT2D eigenvalue weighted by Gasteiger charge is 2.56. The molecule has 0 aromatic heterocycles. The van der Waals surface area contributed by atoms with Crippen LogP contribution in [0, 0.1) is 28.1 Å². The van der Waals surface area contributed by atoms with E-state index in [1.165, 1.54) is 0 Å². The van der Waals surface area contributed by atoms with Gasteiger partial charge in [0.15, 0.2) is 5.78 Å². The van der Waals surface area contributed by atoms with Crippen LogP contribution in [-0.4, -0.2) is 16.5 Å². The van der Waals surface area contributed by atoms with Crippen molar-refractivity contribution < 1.29 is 9.90 Å². The number of nitrogens with zero attached hydrogens (tertiary/aromatic N) is 1. The highest BCUT2D eigenvalue weighted by molar-refractivity contribution is 6.04. The fourth-order valence-corrected chi connectivity index (χ4v) is 5.11. The Morgan fingerprint density at radius 3 is 2.54 bits per heavy atom. The SMILES string of the molecule is CC1(C)C(=O)C(C#N)=C[C@]2(C)C[C@](O)(Cc3ccccc3)CC[C@H]12. The molecule has 0 amide bonds. The molecule has 1 N–H and O–H groups in total. The molecular formula is C21H25NO2. The van der Waals surface area contributed by atoms with Gasteiger partial charge >= 0.3 is 0 Å². The number of Topliss-reactive ketones (excluding diaryl/α,β-unsaturated/α-hetero) is 1. The van der Waals surface area contributed by atoms with Gasteiger partial charge in [0.1, 0.15) is 6.07 Å². The van der Waals surface area contributed by atoms with Crippen LogP contribution in [0.5, 0.6) is 0 Å². The average molecular weight is 323 g/mol. The number of allylic oxidation sites excluding steroid dienone is 2. The van der Waals surface area contributed by atoms with E-state index in [0.717, 1.165) is 12.0 Å².